The number of nitrogens with one attached hydrogen (secondary N) is 4. The molecule has 4 aromatic carbocycles. The Morgan fingerprint density at radius 2 is 1.17 bits per heavy atom. The maximum absolute atomic E-state index is 13.7. The van der Waals surface area contributed by atoms with E-state index >= 15 is 0 Å². The van der Waals surface area contributed by atoms with E-state index in [4.69, 9.17) is 38.0 Å². The van der Waals surface area contributed by atoms with Gasteiger partial charge in [-0.1, -0.05) is 23.2 Å². The van der Waals surface area contributed by atoms with Crippen LogP contribution in [0.5, 0.6) is 0 Å². The Bertz CT molecular complexity index is 2030. The lowest BCUT2D eigenvalue weighted by Crippen LogP contribution is -2.29. The molecule has 54 heavy (non-hydrogen) atoms. The van der Waals surface area contributed by atoms with Crippen molar-refractivity contribution in [3.8, 4) is 0 Å². The van der Waals surface area contributed by atoms with Gasteiger partial charge in [-0.2, -0.15) is 0 Å². The van der Waals surface area contributed by atoms with Gasteiger partial charge in [0.15, 0.2) is 23.3 Å². The molecule has 0 bridgehead atoms. The molecular weight excluding hydrogens is 985 g/mol. The summed E-state index contributed by atoms with van der Waals surface area (Å²) in [4.78, 5) is 35.0. The van der Waals surface area contributed by atoms with Crippen molar-refractivity contribution < 1.29 is 47.0 Å². The van der Waals surface area contributed by atoms with E-state index in [0.717, 1.165) is 50.7 Å². The highest BCUT2D eigenvalue weighted by Gasteiger charge is 2.42. The van der Waals surface area contributed by atoms with Crippen molar-refractivity contribution in [2.24, 2.45) is 17.3 Å². The molecule has 2 unspecified atom stereocenters. The molecule has 2 saturated carbocycles. The first-order chi connectivity index (χ1) is 25.7. The third kappa shape index (κ3) is 11.3. The topological polar surface area (TPSA) is 141 Å². The zero-order valence-electron chi connectivity index (χ0n) is 27.9. The number of halogens is 8. The van der Waals surface area contributed by atoms with E-state index < -0.39 is 35.1 Å². The van der Waals surface area contributed by atoms with E-state index in [1.54, 1.807) is 36.4 Å². The van der Waals surface area contributed by atoms with Crippen molar-refractivity contribution in [2.75, 3.05) is 37.1 Å². The van der Waals surface area contributed by atoms with Crippen LogP contribution in [0, 0.1) is 47.7 Å². The van der Waals surface area contributed by atoms with E-state index in [0.29, 0.717) is 21.4 Å². The maximum atomic E-state index is 13.7. The predicted molar refractivity (Wildman–Crippen MR) is 212 cm³/mol. The van der Waals surface area contributed by atoms with Gasteiger partial charge in [-0.3, -0.25) is 19.3 Å². The monoisotopic (exact) mass is 1020 g/mol. The number of rotatable bonds is 14. The van der Waals surface area contributed by atoms with E-state index in [-0.39, 0.29) is 66.2 Å². The number of aliphatic hydroxyl groups is 2. The number of carbonyl (C=O) groups is 2. The quantitative estimate of drug-likeness (QED) is 0.0419. The summed E-state index contributed by atoms with van der Waals surface area (Å²) in [7, 11) is 0. The van der Waals surface area contributed by atoms with Gasteiger partial charge >= 0.3 is 0 Å². The van der Waals surface area contributed by atoms with Crippen molar-refractivity contribution >= 4 is 103 Å². The van der Waals surface area contributed by atoms with Gasteiger partial charge in [0.1, 0.15) is 0 Å². The molecule has 0 heterocycles. The number of hydrogen-bond acceptors (Lipinski definition) is 8. The standard InChI is InChI=1S/2C18H16ClF2IN2O3/c19-13-4-11(22)1-2-16(13)23-17-6-15(21)14(20)5-12(17)18(26)24-27-8-10-3-9(10)7-25;19-12-5-10(22)1-2-15(12)23-16-7-14(21)13(20)6-11(16)17(26)24-27-9-18(8-25)3-4-18/h1-2,4-6,9-10,23,25H,3,7-8H2,(H,24,26);1-2,5-7,23,25H,3-4,8-9H2,(H,24,26). The third-order valence-corrected chi connectivity index (χ3v) is 10.6. The predicted octanol–water partition coefficient (Wildman–Crippen LogP) is 8.66. The number of aliphatic hydroxyl groups excluding tert-OH is 2. The first-order valence-electron chi connectivity index (χ1n) is 16.2. The normalized spacial score (nSPS) is 16.5. The van der Waals surface area contributed by atoms with E-state index in [1.807, 2.05) is 0 Å². The van der Waals surface area contributed by atoms with Crippen LogP contribution in [0.15, 0.2) is 60.7 Å². The molecule has 0 aliphatic heterocycles. The number of amides is 2. The molecule has 2 fully saturated rings. The van der Waals surface area contributed by atoms with Crippen LogP contribution in [0.1, 0.15) is 40.0 Å². The molecule has 0 saturated heterocycles. The lowest BCUT2D eigenvalue weighted by Gasteiger charge is -2.15. The van der Waals surface area contributed by atoms with E-state index in [9.17, 15) is 32.3 Å². The summed E-state index contributed by atoms with van der Waals surface area (Å²) < 4.78 is 56.6. The van der Waals surface area contributed by atoms with Crippen LogP contribution < -0.4 is 21.6 Å². The third-order valence-electron chi connectivity index (χ3n) is 8.61. The van der Waals surface area contributed by atoms with Gasteiger partial charge in [0, 0.05) is 31.3 Å². The van der Waals surface area contributed by atoms with Crippen LogP contribution in [0.3, 0.4) is 0 Å². The first-order valence-corrected chi connectivity index (χ1v) is 19.1. The second-order valence-electron chi connectivity index (χ2n) is 12.7. The first kappa shape index (κ1) is 42.2. The summed E-state index contributed by atoms with van der Waals surface area (Å²) in [5.41, 5.74) is 4.83. The van der Waals surface area contributed by atoms with E-state index in [2.05, 4.69) is 66.8 Å². The number of hydrogen-bond donors (Lipinski definition) is 6. The van der Waals surface area contributed by atoms with Gasteiger partial charge in [-0.15, -0.1) is 0 Å². The zero-order valence-corrected chi connectivity index (χ0v) is 33.8. The number of hydroxylamine groups is 2. The number of anilines is 4. The molecule has 10 nitrogen and oxygen atoms in total. The van der Waals surface area contributed by atoms with Gasteiger partial charge in [0.25, 0.3) is 11.8 Å². The van der Waals surface area contributed by atoms with Crippen LogP contribution in [-0.2, 0) is 9.68 Å². The lowest BCUT2D eigenvalue weighted by atomic mass is 10.1. The average Bonchev–Trinajstić information content (AvgIpc) is 4.07. The van der Waals surface area contributed by atoms with Gasteiger partial charge in [-0.25, -0.2) is 28.5 Å². The minimum absolute atomic E-state index is 0.0356. The molecule has 0 aromatic heterocycles. The molecule has 18 heteroatoms. The number of carbonyl (C=O) groups excluding carboxylic acids is 2. The van der Waals surface area contributed by atoms with Crippen LogP contribution in [0.25, 0.3) is 0 Å². The smallest absolute Gasteiger partial charge is 0.277 e. The fourth-order valence-corrected chi connectivity index (χ4v) is 6.80. The Morgan fingerprint density at radius 1 is 0.704 bits per heavy atom. The molecule has 2 aliphatic carbocycles. The van der Waals surface area contributed by atoms with Crippen LogP contribution >= 0.6 is 68.4 Å². The Kier molecular flexibility index (Phi) is 14.7. The molecule has 2 aliphatic rings. The summed E-state index contributed by atoms with van der Waals surface area (Å²) in [5, 5.41) is 24.7. The van der Waals surface area contributed by atoms with Crippen molar-refractivity contribution in [2.45, 2.75) is 19.3 Å². The van der Waals surface area contributed by atoms with Crippen molar-refractivity contribution in [3.05, 3.63) is 112 Å². The number of benzene rings is 4. The van der Waals surface area contributed by atoms with Crippen molar-refractivity contribution in [1.82, 2.24) is 11.0 Å². The van der Waals surface area contributed by atoms with Crippen LogP contribution in [-0.4, -0.2) is 48.5 Å². The lowest BCUT2D eigenvalue weighted by molar-refractivity contribution is -0.0000447. The Morgan fingerprint density at radius 3 is 1.57 bits per heavy atom. The molecule has 6 N–H and O–H groups in total. The molecule has 2 atom stereocenters. The van der Waals surface area contributed by atoms with Crippen LogP contribution in [0.2, 0.25) is 10.0 Å². The highest BCUT2D eigenvalue weighted by Crippen LogP contribution is 2.45. The molecule has 0 radical (unpaired) electrons. The van der Waals surface area contributed by atoms with E-state index in [1.165, 1.54) is 0 Å². The molecule has 0 spiro atoms. The second kappa shape index (κ2) is 18.8. The minimum atomic E-state index is -1.16. The molecule has 288 valence electrons. The summed E-state index contributed by atoms with van der Waals surface area (Å²) in [6.07, 6.45) is 2.45. The van der Waals surface area contributed by atoms with Crippen LogP contribution in [0.4, 0.5) is 40.3 Å². The Hall–Kier alpha value is -2.98. The molecule has 2 amide bonds. The van der Waals surface area contributed by atoms with Crippen molar-refractivity contribution in [1.29, 1.82) is 0 Å². The minimum Gasteiger partial charge on any atom is -0.396 e. The fourth-order valence-electron chi connectivity index (χ4n) is 4.99. The Labute approximate surface area is 344 Å². The second-order valence-corrected chi connectivity index (χ2v) is 16.0. The summed E-state index contributed by atoms with van der Waals surface area (Å²) in [5.74, 6) is -5.61. The molecule has 4 aromatic rings. The average molecular weight is 1020 g/mol. The maximum Gasteiger partial charge on any atom is 0.277 e. The molecular formula is C36H32Cl2F4I2N4O6. The van der Waals surface area contributed by atoms with Gasteiger partial charge in [-0.05, 0) is 125 Å². The highest BCUT2D eigenvalue weighted by molar-refractivity contribution is 14.1. The Balaban J connectivity index is 0.000000208. The largest absolute Gasteiger partial charge is 0.396 e. The summed E-state index contributed by atoms with van der Waals surface area (Å²) >= 11 is 16.5. The fraction of sp³-hybridized carbons (Fsp3) is 0.278. The SMILES string of the molecule is O=C(NOCC1(CO)CC1)c1cc(F)c(F)cc1Nc1ccc(I)cc1Cl.O=C(NOCC1CC1CO)c1cc(F)c(F)cc1Nc1ccc(I)cc1Cl. The van der Waals surface area contributed by atoms with Crippen molar-refractivity contribution in [3.63, 3.8) is 0 Å². The van der Waals surface area contributed by atoms with Gasteiger partial charge in [0.2, 0.25) is 0 Å². The summed E-state index contributed by atoms with van der Waals surface area (Å²) in [6, 6.07) is 13.6. The van der Waals surface area contributed by atoms with Gasteiger partial charge in [0.05, 0.1) is 63.7 Å². The zero-order chi connectivity index (χ0) is 39.2. The van der Waals surface area contributed by atoms with Gasteiger partial charge < -0.3 is 20.8 Å². The highest BCUT2D eigenvalue weighted by atomic mass is 127. The molecule has 6 rings (SSSR count). The summed E-state index contributed by atoms with van der Waals surface area (Å²) in [6.45, 7) is 0.430.